The minimum absolute atomic E-state index is 0.114. The van der Waals surface area contributed by atoms with Crippen molar-refractivity contribution in [3.05, 3.63) is 70.4 Å². The zero-order valence-electron chi connectivity index (χ0n) is 20.7. The van der Waals surface area contributed by atoms with Gasteiger partial charge in [0, 0.05) is 29.0 Å². The van der Waals surface area contributed by atoms with Crippen LogP contribution in [-0.2, 0) is 17.6 Å². The molecule has 0 radical (unpaired) electrons. The molecule has 0 saturated heterocycles. The molecule has 2 aliphatic heterocycles. The van der Waals surface area contributed by atoms with Gasteiger partial charge in [0.1, 0.15) is 16.7 Å². The molecule has 2 aliphatic rings. The Morgan fingerprint density at radius 2 is 2.03 bits per heavy atom. The fourth-order valence-corrected chi connectivity index (χ4v) is 6.29. The van der Waals surface area contributed by atoms with E-state index in [4.69, 9.17) is 30.6 Å². The lowest BCUT2D eigenvalue weighted by molar-refractivity contribution is -0.137. The van der Waals surface area contributed by atoms with Gasteiger partial charge in [-0.25, -0.2) is 9.65 Å². The summed E-state index contributed by atoms with van der Waals surface area (Å²) in [6.45, 7) is 0. The third-order valence-corrected chi connectivity index (χ3v) is 8.00. The first-order valence-corrected chi connectivity index (χ1v) is 13.1. The number of carbonyl (C=O) groups is 1. The summed E-state index contributed by atoms with van der Waals surface area (Å²) in [5, 5.41) is 8.17. The van der Waals surface area contributed by atoms with Gasteiger partial charge < -0.3 is 19.0 Å². The van der Waals surface area contributed by atoms with E-state index in [1.807, 2.05) is 6.07 Å². The number of ether oxygens (including phenoxy) is 2. The van der Waals surface area contributed by atoms with E-state index < -0.39 is 28.5 Å². The number of aliphatic carboxylic acids is 1. The van der Waals surface area contributed by atoms with Gasteiger partial charge in [-0.1, -0.05) is 23.7 Å². The molecule has 3 aromatic rings. The van der Waals surface area contributed by atoms with Gasteiger partial charge in [-0.15, -0.1) is 11.8 Å². The second kappa shape index (κ2) is 10.5. The van der Waals surface area contributed by atoms with Gasteiger partial charge in [-0.05, 0) is 24.3 Å². The summed E-state index contributed by atoms with van der Waals surface area (Å²) >= 11 is 7.72. The van der Waals surface area contributed by atoms with Crippen molar-refractivity contribution in [3.63, 3.8) is 0 Å². The number of amidine groups is 2. The molecule has 0 amide bonds. The highest BCUT2D eigenvalue weighted by molar-refractivity contribution is 8.01. The molecular formula is C26H22ClF3N3O5S+. The molecule has 39 heavy (non-hydrogen) atoms. The monoisotopic (exact) mass is 580 g/mol. The first-order chi connectivity index (χ1) is 18.6. The molecule has 3 heterocycles. The molecule has 204 valence electrons. The normalized spacial score (nSPS) is 18.3. The minimum atomic E-state index is -4.68. The molecule has 8 nitrogen and oxygen atoms in total. The Bertz CT molecular complexity index is 1500. The molecule has 0 fully saturated rings. The molecule has 5 rings (SSSR count). The van der Waals surface area contributed by atoms with E-state index in [0.717, 1.165) is 4.90 Å². The summed E-state index contributed by atoms with van der Waals surface area (Å²) in [5.74, 6) is -0.253. The van der Waals surface area contributed by atoms with E-state index in [1.165, 1.54) is 38.2 Å². The lowest BCUT2D eigenvalue weighted by Gasteiger charge is -2.25. The van der Waals surface area contributed by atoms with Crippen LogP contribution in [0.2, 0.25) is 5.02 Å². The standard InChI is InChI=1S/C26H21ClF3N3O5S/c1-36-18-5-3-4-15(22(18)37-2)23-16-10-13(27)6-8-17(16)33-24(32-25(33)26(28,29)30)19(39-23)11-20-31-12-14(38-20)7-9-21(34)35/h3-6,8,10,12,19,23H,7,9,11H2,1-2H3/p+1. The number of rotatable bonds is 8. The Hall–Kier alpha value is -3.60. The fourth-order valence-electron chi connectivity index (χ4n) is 4.60. The van der Waals surface area contributed by atoms with Crippen LogP contribution in [-0.4, -0.2) is 53.4 Å². The molecule has 2 aromatic carbocycles. The number of thioether (sulfide) groups is 1. The Labute approximate surface area is 230 Å². The fraction of sp³-hybridized carbons (Fsp3) is 0.308. The largest absolute Gasteiger partial charge is 0.495 e. The van der Waals surface area contributed by atoms with Crippen LogP contribution in [0.3, 0.4) is 0 Å². The number of fused-ring (bicyclic) bond motifs is 3. The average molecular weight is 581 g/mol. The number of aromatic nitrogens is 1. The van der Waals surface area contributed by atoms with Gasteiger partial charge in [-0.2, -0.15) is 18.1 Å². The number of methoxy groups -OCH3 is 2. The highest BCUT2D eigenvalue weighted by Crippen LogP contribution is 2.52. The number of alkyl halides is 3. The third kappa shape index (κ3) is 5.19. The number of aryl methyl sites for hydroxylation is 1. The third-order valence-electron chi connectivity index (χ3n) is 6.28. The lowest BCUT2D eigenvalue weighted by atomic mass is 9.99. The van der Waals surface area contributed by atoms with Crippen LogP contribution in [0.25, 0.3) is 0 Å². The van der Waals surface area contributed by atoms with Crippen LogP contribution in [0.4, 0.5) is 18.9 Å². The number of anilines is 1. The molecule has 1 aromatic heterocycles. The molecule has 0 spiro atoms. The first-order valence-electron chi connectivity index (χ1n) is 11.7. The van der Waals surface area contributed by atoms with E-state index in [9.17, 15) is 18.0 Å². The predicted molar refractivity (Wildman–Crippen MR) is 141 cm³/mol. The van der Waals surface area contributed by atoms with E-state index >= 15 is 0 Å². The summed E-state index contributed by atoms with van der Waals surface area (Å²) in [4.78, 5) is 16.3. The highest BCUT2D eigenvalue weighted by Gasteiger charge is 2.58. The quantitative estimate of drug-likeness (QED) is 0.369. The molecule has 13 heteroatoms. The number of carboxylic acids is 1. The van der Waals surface area contributed by atoms with Crippen LogP contribution in [0.1, 0.15) is 34.4 Å². The summed E-state index contributed by atoms with van der Waals surface area (Å²) in [6.07, 6.45) is -3.12. The average Bonchev–Trinajstić information content (AvgIpc) is 3.28. The Kier molecular flexibility index (Phi) is 7.28. The van der Waals surface area contributed by atoms with E-state index in [-0.39, 0.29) is 31.0 Å². The minimum Gasteiger partial charge on any atom is -0.493 e. The van der Waals surface area contributed by atoms with Crippen LogP contribution in [0.5, 0.6) is 11.5 Å². The van der Waals surface area contributed by atoms with E-state index in [1.54, 1.807) is 24.3 Å². The molecule has 0 aliphatic carbocycles. The molecule has 0 saturated carbocycles. The maximum absolute atomic E-state index is 14.0. The smallest absolute Gasteiger partial charge is 0.493 e. The SMILES string of the molecule is COc1cccc(C2SC(Cc3ncc(CCC(=O)O)o3)C3=[N+]=C(C(F)(F)F)N3c3ccc(Cl)cc32)c1OC. The van der Waals surface area contributed by atoms with Crippen LogP contribution < -0.4 is 19.0 Å². The summed E-state index contributed by atoms with van der Waals surface area (Å²) in [6, 6.07) is 10.1. The zero-order valence-corrected chi connectivity index (χ0v) is 22.2. The number of halogens is 4. The lowest BCUT2D eigenvalue weighted by Crippen LogP contribution is -2.58. The number of para-hydroxylation sites is 1. The summed E-state index contributed by atoms with van der Waals surface area (Å²) < 4.78 is 62.8. The van der Waals surface area contributed by atoms with Crippen molar-refractivity contribution in [1.29, 1.82) is 0 Å². The predicted octanol–water partition coefficient (Wildman–Crippen LogP) is 5.06. The van der Waals surface area contributed by atoms with Crippen molar-refractivity contribution >= 4 is 46.7 Å². The van der Waals surface area contributed by atoms with Gasteiger partial charge in [0.2, 0.25) is 0 Å². The van der Waals surface area contributed by atoms with Gasteiger partial charge in [0.25, 0.3) is 0 Å². The molecular weight excluding hydrogens is 559 g/mol. The number of hydrogen-bond donors (Lipinski definition) is 1. The van der Waals surface area contributed by atoms with E-state index in [2.05, 4.69) is 9.65 Å². The van der Waals surface area contributed by atoms with Crippen molar-refractivity contribution < 1.29 is 37.0 Å². The van der Waals surface area contributed by atoms with Crippen molar-refractivity contribution in [3.8, 4) is 11.5 Å². The summed E-state index contributed by atoms with van der Waals surface area (Å²) in [7, 11) is 3.00. The molecule has 1 N–H and O–H groups in total. The highest BCUT2D eigenvalue weighted by atomic mass is 35.5. The number of oxazole rings is 1. The van der Waals surface area contributed by atoms with Crippen LogP contribution in [0.15, 0.2) is 47.0 Å². The van der Waals surface area contributed by atoms with Crippen LogP contribution in [0, 0.1) is 0 Å². The molecule has 2 atom stereocenters. The van der Waals surface area contributed by atoms with Gasteiger partial charge in [0.05, 0.1) is 32.1 Å². The van der Waals surface area contributed by atoms with Crippen molar-refractivity contribution in [2.45, 2.75) is 35.9 Å². The first kappa shape index (κ1) is 27.0. The van der Waals surface area contributed by atoms with Gasteiger partial charge >= 0.3 is 23.8 Å². The van der Waals surface area contributed by atoms with Crippen molar-refractivity contribution in [1.82, 2.24) is 9.65 Å². The van der Waals surface area contributed by atoms with Crippen molar-refractivity contribution in [2.24, 2.45) is 0 Å². The van der Waals surface area contributed by atoms with Crippen LogP contribution >= 0.6 is 23.4 Å². The maximum atomic E-state index is 14.0. The zero-order chi connectivity index (χ0) is 27.9. The number of hydrogen-bond acceptors (Lipinski definition) is 7. The number of nitrogens with zero attached hydrogens (tertiary/aromatic N) is 3. The Morgan fingerprint density at radius 3 is 2.72 bits per heavy atom. The van der Waals surface area contributed by atoms with Gasteiger partial charge in [-0.3, -0.25) is 4.79 Å². The number of carboxylic acid groups (broad SMARTS) is 1. The Balaban J connectivity index is 1.63. The Morgan fingerprint density at radius 1 is 1.23 bits per heavy atom. The van der Waals surface area contributed by atoms with Gasteiger partial charge in [0.15, 0.2) is 17.4 Å². The van der Waals surface area contributed by atoms with Crippen molar-refractivity contribution in [2.75, 3.05) is 19.1 Å². The molecule has 0 bridgehead atoms. The second-order valence-electron chi connectivity index (χ2n) is 8.74. The molecule has 2 unspecified atom stereocenters. The number of benzene rings is 2. The second-order valence-corrected chi connectivity index (χ2v) is 10.5. The topological polar surface area (TPSA) is 99.1 Å². The van der Waals surface area contributed by atoms with E-state index in [0.29, 0.717) is 39.1 Å². The maximum Gasteiger partial charge on any atom is 0.495 e. The summed E-state index contributed by atoms with van der Waals surface area (Å²) in [5.41, 5.74) is 1.53.